The first-order valence-electron chi connectivity index (χ1n) is 6.32. The number of thiophene rings is 1. The van der Waals surface area contributed by atoms with Crippen LogP contribution in [0.15, 0.2) is 34.2 Å². The number of hydrogen-bond acceptors (Lipinski definition) is 5. The second-order valence-corrected chi connectivity index (χ2v) is 6.28. The van der Waals surface area contributed by atoms with Crippen molar-refractivity contribution < 1.29 is 9.90 Å². The van der Waals surface area contributed by atoms with Gasteiger partial charge in [-0.25, -0.2) is 9.97 Å². The zero-order valence-electron chi connectivity index (χ0n) is 11.3. The number of nitrogens with zero attached hydrogens (tertiary/aromatic N) is 3. The summed E-state index contributed by atoms with van der Waals surface area (Å²) in [6.07, 6.45) is 1.73. The first kappa shape index (κ1) is 14.1. The van der Waals surface area contributed by atoms with Gasteiger partial charge in [-0.05, 0) is 40.9 Å². The van der Waals surface area contributed by atoms with Crippen LogP contribution in [0.25, 0.3) is 11.2 Å². The molecule has 0 bridgehead atoms. The first-order valence-corrected chi connectivity index (χ1v) is 8.25. The molecule has 0 radical (unpaired) electrons. The molecule has 0 amide bonds. The highest BCUT2D eigenvalue weighted by atomic mass is 32.2. The van der Waals surface area contributed by atoms with Crippen LogP contribution in [0.3, 0.4) is 0 Å². The molecule has 108 valence electrons. The fourth-order valence-corrected chi connectivity index (χ4v) is 3.61. The van der Waals surface area contributed by atoms with E-state index in [1.54, 1.807) is 17.5 Å². The van der Waals surface area contributed by atoms with Crippen molar-refractivity contribution in [3.8, 4) is 0 Å². The Morgan fingerprint density at radius 2 is 2.33 bits per heavy atom. The van der Waals surface area contributed by atoms with Gasteiger partial charge in [-0.1, -0.05) is 11.8 Å². The molecule has 0 saturated heterocycles. The molecule has 0 aliphatic heterocycles. The molecule has 3 aromatic rings. The Bertz CT molecular complexity index is 794. The van der Waals surface area contributed by atoms with Gasteiger partial charge >= 0.3 is 5.97 Å². The minimum absolute atomic E-state index is 0.00800. The zero-order chi connectivity index (χ0) is 14.8. The van der Waals surface area contributed by atoms with Crippen LogP contribution < -0.4 is 0 Å². The number of carboxylic acid groups (broad SMARTS) is 1. The lowest BCUT2D eigenvalue weighted by molar-refractivity contribution is -0.133. The van der Waals surface area contributed by atoms with E-state index in [-0.39, 0.29) is 5.75 Å². The average Bonchev–Trinajstić information content (AvgIpc) is 3.02. The molecule has 0 fully saturated rings. The number of aliphatic carboxylic acids is 1. The van der Waals surface area contributed by atoms with Gasteiger partial charge in [0.1, 0.15) is 5.52 Å². The number of carbonyl (C=O) groups is 1. The van der Waals surface area contributed by atoms with Crippen LogP contribution in [0.5, 0.6) is 0 Å². The fraction of sp³-hybridized carbons (Fsp3) is 0.214. The maximum Gasteiger partial charge on any atom is 0.313 e. The van der Waals surface area contributed by atoms with E-state index in [1.165, 1.54) is 22.9 Å². The minimum Gasteiger partial charge on any atom is -0.481 e. The van der Waals surface area contributed by atoms with Crippen LogP contribution in [0.4, 0.5) is 0 Å². The van der Waals surface area contributed by atoms with Crippen molar-refractivity contribution in [3.63, 3.8) is 0 Å². The number of fused-ring (bicyclic) bond motifs is 1. The van der Waals surface area contributed by atoms with Crippen LogP contribution in [0, 0.1) is 6.92 Å². The first-order chi connectivity index (χ1) is 10.1. The number of hydrogen-bond donors (Lipinski definition) is 1. The van der Waals surface area contributed by atoms with Crippen LogP contribution in [-0.2, 0) is 11.3 Å². The quantitative estimate of drug-likeness (QED) is 0.732. The van der Waals surface area contributed by atoms with Crippen LogP contribution in [0.2, 0.25) is 0 Å². The molecule has 5 nitrogen and oxygen atoms in total. The predicted molar refractivity (Wildman–Crippen MR) is 84.0 cm³/mol. The molecule has 0 unspecified atom stereocenters. The summed E-state index contributed by atoms with van der Waals surface area (Å²) in [5, 5.41) is 13.8. The highest BCUT2D eigenvalue weighted by Crippen LogP contribution is 2.25. The number of thioether (sulfide) groups is 1. The summed E-state index contributed by atoms with van der Waals surface area (Å²) in [6.45, 7) is 2.73. The summed E-state index contributed by atoms with van der Waals surface area (Å²) in [6, 6.07) is 3.73. The lowest BCUT2D eigenvalue weighted by Crippen LogP contribution is -2.05. The highest BCUT2D eigenvalue weighted by Gasteiger charge is 2.14. The molecule has 0 saturated carbocycles. The van der Waals surface area contributed by atoms with E-state index in [4.69, 9.17) is 5.11 Å². The van der Waals surface area contributed by atoms with Crippen LogP contribution in [0.1, 0.15) is 11.1 Å². The van der Waals surface area contributed by atoms with Crippen molar-refractivity contribution >= 4 is 40.2 Å². The third-order valence-electron chi connectivity index (χ3n) is 3.08. The molecule has 0 atom stereocenters. The largest absolute Gasteiger partial charge is 0.481 e. The number of aryl methyl sites for hydroxylation is 1. The van der Waals surface area contributed by atoms with E-state index >= 15 is 0 Å². The van der Waals surface area contributed by atoms with E-state index in [1.807, 2.05) is 16.7 Å². The molecule has 1 N–H and O–H groups in total. The predicted octanol–water partition coefficient (Wildman–Crippen LogP) is 3.03. The summed E-state index contributed by atoms with van der Waals surface area (Å²) >= 11 is 2.89. The Hall–Kier alpha value is -1.86. The molecular formula is C14H13N3O2S2. The Morgan fingerprint density at radius 1 is 1.48 bits per heavy atom. The van der Waals surface area contributed by atoms with Crippen molar-refractivity contribution in [1.29, 1.82) is 0 Å². The summed E-state index contributed by atoms with van der Waals surface area (Å²) < 4.78 is 1.98. The number of pyridine rings is 1. The summed E-state index contributed by atoms with van der Waals surface area (Å²) in [4.78, 5) is 19.7. The standard InChI is InChI=1S/C14H13N3O2S2/c1-9-6-20-7-10(9)5-17-13-11(3-2-4-15-13)16-14(17)21-8-12(18)19/h2-4,6-7H,5,8H2,1H3,(H,18,19). The van der Waals surface area contributed by atoms with Gasteiger partial charge in [0, 0.05) is 6.20 Å². The monoisotopic (exact) mass is 319 g/mol. The van der Waals surface area contributed by atoms with E-state index in [0.717, 1.165) is 11.2 Å². The molecule has 0 aliphatic carbocycles. The average molecular weight is 319 g/mol. The molecule has 7 heteroatoms. The molecule has 3 rings (SSSR count). The lowest BCUT2D eigenvalue weighted by atomic mass is 10.2. The van der Waals surface area contributed by atoms with Gasteiger partial charge in [0.25, 0.3) is 0 Å². The Morgan fingerprint density at radius 3 is 3.05 bits per heavy atom. The summed E-state index contributed by atoms with van der Waals surface area (Å²) in [5.74, 6) is -0.857. The molecule has 3 aromatic heterocycles. The normalized spacial score (nSPS) is 11.1. The number of imidazole rings is 1. The maximum absolute atomic E-state index is 10.8. The van der Waals surface area contributed by atoms with Crippen molar-refractivity contribution in [2.45, 2.75) is 18.6 Å². The van der Waals surface area contributed by atoms with Gasteiger partial charge in [-0.15, -0.1) is 0 Å². The summed E-state index contributed by atoms with van der Waals surface area (Å²) in [7, 11) is 0. The van der Waals surface area contributed by atoms with Gasteiger partial charge in [0.15, 0.2) is 10.8 Å². The van der Waals surface area contributed by atoms with Crippen molar-refractivity contribution in [3.05, 3.63) is 40.2 Å². The Kier molecular flexibility index (Phi) is 3.94. The van der Waals surface area contributed by atoms with Gasteiger partial charge < -0.3 is 5.11 Å². The third kappa shape index (κ3) is 2.93. The van der Waals surface area contributed by atoms with E-state index in [2.05, 4.69) is 27.7 Å². The fourth-order valence-electron chi connectivity index (χ4n) is 2.04. The SMILES string of the molecule is Cc1cscc1Cn1c(SCC(=O)O)nc2cccnc21. The molecule has 21 heavy (non-hydrogen) atoms. The Labute approximate surface area is 129 Å². The number of carboxylic acids is 1. The van der Waals surface area contributed by atoms with Crippen LogP contribution >= 0.6 is 23.1 Å². The molecule has 3 heterocycles. The minimum atomic E-state index is -0.849. The van der Waals surface area contributed by atoms with E-state index < -0.39 is 5.97 Å². The summed E-state index contributed by atoms with van der Waals surface area (Å²) in [5.41, 5.74) is 4.02. The lowest BCUT2D eigenvalue weighted by Gasteiger charge is -2.07. The zero-order valence-corrected chi connectivity index (χ0v) is 12.9. The molecule has 0 aromatic carbocycles. The number of aromatic nitrogens is 3. The van der Waals surface area contributed by atoms with Crippen molar-refractivity contribution in [2.24, 2.45) is 0 Å². The van der Waals surface area contributed by atoms with Gasteiger partial charge in [0.05, 0.1) is 12.3 Å². The third-order valence-corrected chi connectivity index (χ3v) is 4.95. The van der Waals surface area contributed by atoms with Gasteiger partial charge in [0.2, 0.25) is 0 Å². The van der Waals surface area contributed by atoms with E-state index in [0.29, 0.717) is 11.7 Å². The smallest absolute Gasteiger partial charge is 0.313 e. The van der Waals surface area contributed by atoms with Crippen LogP contribution in [-0.4, -0.2) is 31.4 Å². The van der Waals surface area contributed by atoms with Gasteiger partial charge in [-0.3, -0.25) is 9.36 Å². The Balaban J connectivity index is 2.02. The molecular weight excluding hydrogens is 306 g/mol. The maximum atomic E-state index is 10.8. The topological polar surface area (TPSA) is 68.0 Å². The van der Waals surface area contributed by atoms with Gasteiger partial charge in [-0.2, -0.15) is 11.3 Å². The molecule has 0 aliphatic rings. The van der Waals surface area contributed by atoms with E-state index in [9.17, 15) is 4.79 Å². The second-order valence-electron chi connectivity index (χ2n) is 4.59. The van der Waals surface area contributed by atoms with Crippen molar-refractivity contribution in [1.82, 2.24) is 14.5 Å². The molecule has 0 spiro atoms. The second kappa shape index (κ2) is 5.87. The highest BCUT2D eigenvalue weighted by molar-refractivity contribution is 7.99. The van der Waals surface area contributed by atoms with Crippen molar-refractivity contribution in [2.75, 3.05) is 5.75 Å². The number of rotatable bonds is 5.